The van der Waals surface area contributed by atoms with Gasteiger partial charge in [0, 0.05) is 38.6 Å². The predicted octanol–water partition coefficient (Wildman–Crippen LogP) is -3.31. The van der Waals surface area contributed by atoms with Gasteiger partial charge in [-0.1, -0.05) is 6.07 Å². The van der Waals surface area contributed by atoms with E-state index < -0.39 is 5.97 Å². The second-order valence-corrected chi connectivity index (χ2v) is 5.26. The summed E-state index contributed by atoms with van der Waals surface area (Å²) >= 11 is 0. The Kier molecular flexibility index (Phi) is 4.62. The van der Waals surface area contributed by atoms with Crippen molar-refractivity contribution in [2.45, 2.75) is 0 Å². The largest absolute Gasteiger partial charge is 1.00 e. The van der Waals surface area contributed by atoms with Crippen LogP contribution in [0.25, 0.3) is 10.9 Å². The summed E-state index contributed by atoms with van der Waals surface area (Å²) in [6.07, 6.45) is 0. The van der Waals surface area contributed by atoms with E-state index in [0.29, 0.717) is 0 Å². The van der Waals surface area contributed by atoms with Gasteiger partial charge in [0.15, 0.2) is 5.82 Å². The van der Waals surface area contributed by atoms with E-state index in [2.05, 4.69) is 21.9 Å². The molecule has 1 fully saturated rings. The molecule has 1 saturated heterocycles. The first-order chi connectivity index (χ1) is 9.56. The summed E-state index contributed by atoms with van der Waals surface area (Å²) in [5.74, 6) is -0.227. The molecular formula is C14H17LiN4O2. The van der Waals surface area contributed by atoms with Crippen molar-refractivity contribution in [3.63, 3.8) is 0 Å². The Labute approximate surface area is 135 Å². The van der Waals surface area contributed by atoms with E-state index in [1.807, 2.05) is 13.1 Å². The molecule has 0 spiro atoms. The van der Waals surface area contributed by atoms with Crippen LogP contribution in [-0.4, -0.2) is 53.9 Å². The molecule has 1 aliphatic heterocycles. The summed E-state index contributed by atoms with van der Waals surface area (Å²) < 4.78 is 1.73. The number of hydrogen-bond acceptors (Lipinski definition) is 5. The van der Waals surface area contributed by atoms with Gasteiger partial charge in [-0.3, -0.25) is 4.68 Å². The van der Waals surface area contributed by atoms with Gasteiger partial charge in [-0.2, -0.15) is 5.10 Å². The third kappa shape index (κ3) is 2.93. The number of nitrogens with zero attached hydrogens (tertiary/aromatic N) is 4. The molecule has 2 heterocycles. The maximum absolute atomic E-state index is 10.9. The SMILES string of the molecule is CN1CCN(c2nn(C)c3cc(C(=O)[O-])ccc23)CC1.[Li+]. The zero-order chi connectivity index (χ0) is 14.3. The number of fused-ring (bicyclic) bond motifs is 1. The Bertz CT molecular complexity index is 662. The molecule has 0 bridgehead atoms. The molecule has 21 heavy (non-hydrogen) atoms. The predicted molar refractivity (Wildman–Crippen MR) is 74.8 cm³/mol. The minimum Gasteiger partial charge on any atom is -0.545 e. The van der Waals surface area contributed by atoms with Crippen molar-refractivity contribution >= 4 is 22.7 Å². The summed E-state index contributed by atoms with van der Waals surface area (Å²) in [5.41, 5.74) is 1.01. The van der Waals surface area contributed by atoms with Gasteiger partial charge >= 0.3 is 18.9 Å². The molecule has 3 rings (SSSR count). The monoisotopic (exact) mass is 280 g/mol. The van der Waals surface area contributed by atoms with Gasteiger partial charge in [-0.15, -0.1) is 0 Å². The van der Waals surface area contributed by atoms with Gasteiger partial charge in [0.25, 0.3) is 0 Å². The topological polar surface area (TPSA) is 64.4 Å². The minimum absolute atomic E-state index is 0. The quantitative estimate of drug-likeness (QED) is 0.539. The zero-order valence-electron chi connectivity index (χ0n) is 12.7. The molecule has 1 aromatic carbocycles. The van der Waals surface area contributed by atoms with Crippen LogP contribution in [0, 0.1) is 0 Å². The number of carboxylic acids is 1. The number of piperazine rings is 1. The molecule has 0 atom stereocenters. The fourth-order valence-electron chi connectivity index (χ4n) is 2.62. The second kappa shape index (κ2) is 6.10. The van der Waals surface area contributed by atoms with Crippen molar-refractivity contribution in [3.8, 4) is 0 Å². The first-order valence-corrected chi connectivity index (χ1v) is 6.68. The van der Waals surface area contributed by atoms with Crippen molar-refractivity contribution in [1.29, 1.82) is 0 Å². The number of anilines is 1. The molecule has 0 radical (unpaired) electrons. The van der Waals surface area contributed by atoms with Gasteiger partial charge in [-0.05, 0) is 24.7 Å². The summed E-state index contributed by atoms with van der Waals surface area (Å²) in [7, 11) is 3.95. The van der Waals surface area contributed by atoms with Crippen LogP contribution in [0.15, 0.2) is 18.2 Å². The second-order valence-electron chi connectivity index (χ2n) is 5.26. The average molecular weight is 280 g/mol. The van der Waals surface area contributed by atoms with E-state index in [4.69, 9.17) is 0 Å². The maximum Gasteiger partial charge on any atom is 1.00 e. The molecule has 0 amide bonds. The van der Waals surface area contributed by atoms with Crippen molar-refractivity contribution in [3.05, 3.63) is 23.8 Å². The van der Waals surface area contributed by atoms with Gasteiger partial charge in [-0.25, -0.2) is 0 Å². The van der Waals surface area contributed by atoms with Crippen molar-refractivity contribution in [1.82, 2.24) is 14.7 Å². The average Bonchev–Trinajstić information content (AvgIpc) is 2.76. The molecule has 0 unspecified atom stereocenters. The van der Waals surface area contributed by atoms with E-state index in [1.54, 1.807) is 16.8 Å². The molecule has 6 nitrogen and oxygen atoms in total. The molecule has 1 aromatic heterocycles. The minimum atomic E-state index is -1.16. The van der Waals surface area contributed by atoms with Crippen LogP contribution in [0.3, 0.4) is 0 Å². The molecule has 106 valence electrons. The Morgan fingerprint density at radius 3 is 2.48 bits per heavy atom. The number of carbonyl (C=O) groups excluding carboxylic acids is 1. The Hall–Kier alpha value is -1.48. The molecule has 7 heteroatoms. The van der Waals surface area contributed by atoms with Crippen LogP contribution in [-0.2, 0) is 7.05 Å². The number of hydrogen-bond donors (Lipinski definition) is 0. The van der Waals surface area contributed by atoms with Gasteiger partial charge in [0.05, 0.1) is 11.5 Å². The summed E-state index contributed by atoms with van der Waals surface area (Å²) in [5, 5.41) is 16.5. The number of aromatic carboxylic acids is 1. The van der Waals surface area contributed by atoms with Gasteiger partial charge in [0.2, 0.25) is 0 Å². The molecule has 0 aliphatic carbocycles. The summed E-state index contributed by atoms with van der Waals surface area (Å²) in [4.78, 5) is 15.5. The van der Waals surface area contributed by atoms with E-state index in [-0.39, 0.29) is 24.4 Å². The first-order valence-electron chi connectivity index (χ1n) is 6.68. The van der Waals surface area contributed by atoms with Crippen LogP contribution in [0.5, 0.6) is 0 Å². The van der Waals surface area contributed by atoms with E-state index in [9.17, 15) is 9.90 Å². The Morgan fingerprint density at radius 2 is 1.86 bits per heavy atom. The molecule has 1 aliphatic rings. The van der Waals surface area contributed by atoms with E-state index in [0.717, 1.165) is 42.9 Å². The fourth-order valence-corrected chi connectivity index (χ4v) is 2.62. The van der Waals surface area contributed by atoms with Crippen LogP contribution >= 0.6 is 0 Å². The van der Waals surface area contributed by atoms with E-state index >= 15 is 0 Å². The smallest absolute Gasteiger partial charge is 0.545 e. The number of benzene rings is 1. The third-order valence-corrected chi connectivity index (χ3v) is 3.87. The van der Waals surface area contributed by atoms with Crippen molar-refractivity contribution < 1.29 is 28.8 Å². The zero-order valence-corrected chi connectivity index (χ0v) is 12.7. The number of carbonyl (C=O) groups is 1. The Balaban J connectivity index is 0.00000161. The molecule has 0 N–H and O–H groups in total. The number of aryl methyl sites for hydroxylation is 1. The summed E-state index contributed by atoms with van der Waals surface area (Å²) in [6, 6.07) is 5.03. The normalized spacial score (nSPS) is 16.0. The van der Waals surface area contributed by atoms with Gasteiger partial charge < -0.3 is 19.7 Å². The maximum atomic E-state index is 10.9. The molecule has 0 saturated carbocycles. The number of likely N-dealkylation sites (N-methyl/N-ethyl adjacent to an activating group) is 1. The molecular weight excluding hydrogens is 263 g/mol. The number of rotatable bonds is 2. The summed E-state index contributed by atoms with van der Waals surface area (Å²) in [6.45, 7) is 3.89. The standard InChI is InChI=1S/C14H18N4O2.Li/c1-16-5-7-18(8-6-16)13-11-4-3-10(14(19)20)9-12(11)17(2)15-13;/h3-4,9H,5-8H2,1-2H3,(H,19,20);/q;+1/p-1. The first kappa shape index (κ1) is 15.9. The van der Waals surface area contributed by atoms with Crippen molar-refractivity contribution in [2.75, 3.05) is 38.1 Å². The van der Waals surface area contributed by atoms with E-state index in [1.165, 1.54) is 0 Å². The number of carboxylic acid groups (broad SMARTS) is 1. The molecule has 2 aromatic rings. The van der Waals surface area contributed by atoms with Crippen molar-refractivity contribution in [2.24, 2.45) is 7.05 Å². The fraction of sp³-hybridized carbons (Fsp3) is 0.429. The van der Waals surface area contributed by atoms with Gasteiger partial charge in [0.1, 0.15) is 0 Å². The van der Waals surface area contributed by atoms with Crippen LogP contribution in [0.1, 0.15) is 10.4 Å². The Morgan fingerprint density at radius 1 is 1.19 bits per heavy atom. The third-order valence-electron chi connectivity index (χ3n) is 3.87. The van der Waals surface area contributed by atoms with Crippen LogP contribution in [0.4, 0.5) is 5.82 Å². The van der Waals surface area contributed by atoms with Crippen LogP contribution < -0.4 is 28.9 Å². The number of aromatic nitrogens is 2. The van der Waals surface area contributed by atoms with Crippen LogP contribution in [0.2, 0.25) is 0 Å².